The van der Waals surface area contributed by atoms with Gasteiger partial charge in [0, 0.05) is 30.9 Å². The summed E-state index contributed by atoms with van der Waals surface area (Å²) in [4.78, 5) is 29.0. The molecular formula is C15H17N3O2. The summed E-state index contributed by atoms with van der Waals surface area (Å²) >= 11 is 0. The van der Waals surface area contributed by atoms with Crippen molar-refractivity contribution in [2.45, 2.75) is 19.8 Å². The van der Waals surface area contributed by atoms with Crippen LogP contribution in [0.1, 0.15) is 28.9 Å². The number of amides is 2. The molecule has 2 amide bonds. The Morgan fingerprint density at radius 1 is 1.40 bits per heavy atom. The van der Waals surface area contributed by atoms with Crippen molar-refractivity contribution in [3.05, 3.63) is 29.5 Å². The van der Waals surface area contributed by atoms with Gasteiger partial charge in [0.1, 0.15) is 5.69 Å². The van der Waals surface area contributed by atoms with Gasteiger partial charge in [-0.25, -0.2) is 0 Å². The Kier molecular flexibility index (Phi) is 2.97. The highest BCUT2D eigenvalue weighted by Gasteiger charge is 2.29. The molecule has 5 nitrogen and oxygen atoms in total. The molecule has 5 heteroatoms. The average Bonchev–Trinajstić information content (AvgIpc) is 3.00. The second-order valence-corrected chi connectivity index (χ2v) is 5.13. The van der Waals surface area contributed by atoms with E-state index in [1.165, 1.54) is 0 Å². The van der Waals surface area contributed by atoms with Crippen molar-refractivity contribution in [1.82, 2.24) is 10.3 Å². The number of benzene rings is 1. The molecule has 0 atom stereocenters. The molecule has 1 aliphatic rings. The third-order valence-corrected chi connectivity index (χ3v) is 3.72. The normalized spacial score (nSPS) is 15.1. The van der Waals surface area contributed by atoms with E-state index in [9.17, 15) is 9.59 Å². The van der Waals surface area contributed by atoms with Crippen molar-refractivity contribution in [3.63, 3.8) is 0 Å². The highest BCUT2D eigenvalue weighted by atomic mass is 16.2. The summed E-state index contributed by atoms with van der Waals surface area (Å²) in [7, 11) is 1.59. The first-order chi connectivity index (χ1) is 9.61. The van der Waals surface area contributed by atoms with Gasteiger partial charge in [-0.15, -0.1) is 0 Å². The molecule has 2 N–H and O–H groups in total. The van der Waals surface area contributed by atoms with Gasteiger partial charge in [0.15, 0.2) is 0 Å². The minimum atomic E-state index is -0.200. The summed E-state index contributed by atoms with van der Waals surface area (Å²) in [5.41, 5.74) is 3.16. The zero-order chi connectivity index (χ0) is 14.3. The second-order valence-electron chi connectivity index (χ2n) is 5.13. The number of carbonyl (C=O) groups excluding carboxylic acids is 2. The van der Waals surface area contributed by atoms with Crippen LogP contribution in [0.5, 0.6) is 0 Å². The van der Waals surface area contributed by atoms with Crippen molar-refractivity contribution in [1.29, 1.82) is 0 Å². The number of H-pyrrole nitrogens is 1. The molecule has 1 aromatic carbocycles. The predicted molar refractivity (Wildman–Crippen MR) is 78.0 cm³/mol. The summed E-state index contributed by atoms with van der Waals surface area (Å²) in [5.74, 6) is -0.119. The van der Waals surface area contributed by atoms with Crippen molar-refractivity contribution >= 4 is 28.4 Å². The van der Waals surface area contributed by atoms with Crippen molar-refractivity contribution in [2.24, 2.45) is 0 Å². The molecule has 0 aliphatic carbocycles. The van der Waals surface area contributed by atoms with Gasteiger partial charge in [-0.1, -0.05) is 11.6 Å². The Hall–Kier alpha value is -2.30. The topological polar surface area (TPSA) is 65.2 Å². The maximum atomic E-state index is 12.1. The SMILES string of the molecule is CNC(=O)c1[nH]c2ccc(C)cc2c1N1CCCC1=O. The fourth-order valence-electron chi connectivity index (χ4n) is 2.75. The van der Waals surface area contributed by atoms with Crippen molar-refractivity contribution < 1.29 is 9.59 Å². The maximum absolute atomic E-state index is 12.1. The van der Waals surface area contributed by atoms with Crippen LogP contribution < -0.4 is 10.2 Å². The molecule has 104 valence electrons. The number of aromatic nitrogens is 1. The Balaban J connectivity index is 2.26. The summed E-state index contributed by atoms with van der Waals surface area (Å²) in [5, 5.41) is 3.56. The van der Waals surface area contributed by atoms with E-state index < -0.39 is 0 Å². The maximum Gasteiger partial charge on any atom is 0.269 e. The Morgan fingerprint density at radius 3 is 2.85 bits per heavy atom. The third kappa shape index (κ3) is 1.86. The number of hydrogen-bond donors (Lipinski definition) is 2. The van der Waals surface area contributed by atoms with Crippen LogP contribution in [0, 0.1) is 6.92 Å². The number of rotatable bonds is 2. The molecule has 2 heterocycles. The lowest BCUT2D eigenvalue weighted by Gasteiger charge is -2.16. The Labute approximate surface area is 117 Å². The van der Waals surface area contributed by atoms with Crippen LogP contribution in [-0.4, -0.2) is 30.4 Å². The fraction of sp³-hybridized carbons (Fsp3) is 0.333. The largest absolute Gasteiger partial charge is 0.354 e. The van der Waals surface area contributed by atoms with Gasteiger partial charge in [-0.05, 0) is 25.5 Å². The van der Waals surface area contributed by atoms with Crippen LogP contribution in [-0.2, 0) is 4.79 Å². The molecule has 0 radical (unpaired) electrons. The zero-order valence-electron chi connectivity index (χ0n) is 11.6. The quantitative estimate of drug-likeness (QED) is 0.877. The summed E-state index contributed by atoms with van der Waals surface area (Å²) in [6, 6.07) is 5.95. The van der Waals surface area contributed by atoms with Crippen LogP contribution in [0.15, 0.2) is 18.2 Å². The predicted octanol–water partition coefficient (Wildman–Crippen LogP) is 1.96. The number of aromatic amines is 1. The van der Waals surface area contributed by atoms with Crippen LogP contribution in [0.2, 0.25) is 0 Å². The lowest BCUT2D eigenvalue weighted by atomic mass is 10.1. The number of anilines is 1. The molecule has 1 fully saturated rings. The minimum Gasteiger partial charge on any atom is -0.354 e. The highest BCUT2D eigenvalue weighted by Crippen LogP contribution is 2.34. The van der Waals surface area contributed by atoms with E-state index in [0.29, 0.717) is 24.3 Å². The Morgan fingerprint density at radius 2 is 2.20 bits per heavy atom. The van der Waals surface area contributed by atoms with Crippen LogP contribution >= 0.6 is 0 Å². The first-order valence-electron chi connectivity index (χ1n) is 6.76. The van der Waals surface area contributed by atoms with E-state index >= 15 is 0 Å². The van der Waals surface area contributed by atoms with Gasteiger partial charge >= 0.3 is 0 Å². The third-order valence-electron chi connectivity index (χ3n) is 3.72. The van der Waals surface area contributed by atoms with E-state index in [2.05, 4.69) is 10.3 Å². The monoisotopic (exact) mass is 271 g/mol. The van der Waals surface area contributed by atoms with E-state index in [4.69, 9.17) is 0 Å². The van der Waals surface area contributed by atoms with Gasteiger partial charge in [-0.2, -0.15) is 0 Å². The number of aryl methyl sites for hydroxylation is 1. The Bertz CT molecular complexity index is 702. The van der Waals surface area contributed by atoms with Gasteiger partial charge in [0.2, 0.25) is 5.91 Å². The van der Waals surface area contributed by atoms with E-state index in [-0.39, 0.29) is 11.8 Å². The summed E-state index contributed by atoms with van der Waals surface area (Å²) in [6.45, 7) is 2.67. The standard InChI is InChI=1S/C15H17N3O2/c1-9-5-6-11-10(8-9)14(13(17-11)15(20)16-2)18-7-3-4-12(18)19/h5-6,8,17H,3-4,7H2,1-2H3,(H,16,20). The van der Waals surface area contributed by atoms with E-state index in [0.717, 1.165) is 22.9 Å². The molecular weight excluding hydrogens is 254 g/mol. The molecule has 0 saturated carbocycles. The van der Waals surface area contributed by atoms with Gasteiger partial charge in [-0.3, -0.25) is 9.59 Å². The highest BCUT2D eigenvalue weighted by molar-refractivity contribution is 6.13. The molecule has 2 aromatic rings. The lowest BCUT2D eigenvalue weighted by molar-refractivity contribution is -0.117. The molecule has 1 aromatic heterocycles. The van der Waals surface area contributed by atoms with E-state index in [1.54, 1.807) is 11.9 Å². The molecule has 1 aliphatic heterocycles. The van der Waals surface area contributed by atoms with Gasteiger partial charge < -0.3 is 15.2 Å². The molecule has 0 spiro atoms. The fourth-order valence-corrected chi connectivity index (χ4v) is 2.75. The second kappa shape index (κ2) is 4.67. The number of fused-ring (bicyclic) bond motifs is 1. The molecule has 1 saturated heterocycles. The number of nitrogens with one attached hydrogen (secondary N) is 2. The first kappa shape index (κ1) is 12.7. The number of nitrogens with zero attached hydrogens (tertiary/aromatic N) is 1. The molecule has 20 heavy (non-hydrogen) atoms. The smallest absolute Gasteiger partial charge is 0.269 e. The zero-order valence-corrected chi connectivity index (χ0v) is 11.6. The van der Waals surface area contributed by atoms with Crippen molar-refractivity contribution in [2.75, 3.05) is 18.5 Å². The summed E-state index contributed by atoms with van der Waals surface area (Å²) in [6.07, 6.45) is 1.39. The average molecular weight is 271 g/mol. The molecule has 0 bridgehead atoms. The van der Waals surface area contributed by atoms with Crippen molar-refractivity contribution in [3.8, 4) is 0 Å². The first-order valence-corrected chi connectivity index (χ1v) is 6.76. The number of hydrogen-bond acceptors (Lipinski definition) is 2. The molecule has 0 unspecified atom stereocenters. The molecule has 3 rings (SSSR count). The minimum absolute atomic E-state index is 0.0811. The van der Waals surface area contributed by atoms with Crippen LogP contribution in [0.25, 0.3) is 10.9 Å². The van der Waals surface area contributed by atoms with Gasteiger partial charge in [0.25, 0.3) is 5.91 Å². The van der Waals surface area contributed by atoms with Gasteiger partial charge in [0.05, 0.1) is 5.69 Å². The lowest BCUT2D eigenvalue weighted by Crippen LogP contribution is -2.27. The van der Waals surface area contributed by atoms with Crippen LogP contribution in [0.3, 0.4) is 0 Å². The summed E-state index contributed by atoms with van der Waals surface area (Å²) < 4.78 is 0. The number of carbonyl (C=O) groups is 2. The van der Waals surface area contributed by atoms with Crippen LogP contribution in [0.4, 0.5) is 5.69 Å². The van der Waals surface area contributed by atoms with E-state index in [1.807, 2.05) is 25.1 Å².